The van der Waals surface area contributed by atoms with Crippen molar-refractivity contribution in [2.24, 2.45) is 0 Å². The maximum atomic E-state index is 13.0. The third kappa shape index (κ3) is 6.34. The van der Waals surface area contributed by atoms with E-state index in [1.54, 1.807) is 0 Å². The summed E-state index contributed by atoms with van der Waals surface area (Å²) < 4.78 is 14.0. The van der Waals surface area contributed by atoms with E-state index < -0.39 is 0 Å². The van der Waals surface area contributed by atoms with Crippen molar-refractivity contribution in [1.29, 1.82) is 10.5 Å². The fourth-order valence-corrected chi connectivity index (χ4v) is 15.2. The normalized spacial score (nSPS) is 12.1. The molecular formula is C80H46N8. The molecule has 0 saturated carbocycles. The van der Waals surface area contributed by atoms with Gasteiger partial charge in [0.05, 0.1) is 88.9 Å². The van der Waals surface area contributed by atoms with Crippen molar-refractivity contribution in [3.63, 3.8) is 0 Å². The molecule has 6 aromatic heterocycles. The summed E-state index contributed by atoms with van der Waals surface area (Å²) >= 11 is 0. The molecule has 88 heavy (non-hydrogen) atoms. The van der Waals surface area contributed by atoms with Crippen molar-refractivity contribution in [3.8, 4) is 46.3 Å². The average molecular weight is 1120 g/mol. The van der Waals surface area contributed by atoms with E-state index >= 15 is 0 Å². The number of rotatable bonds is 6. The summed E-state index contributed by atoms with van der Waals surface area (Å²) in [6.07, 6.45) is 0. The highest BCUT2D eigenvalue weighted by atomic mass is 15.1. The topological polar surface area (TPSA) is 77.2 Å². The van der Waals surface area contributed by atoms with Gasteiger partial charge in [0.15, 0.2) is 0 Å². The lowest BCUT2D eigenvalue weighted by atomic mass is 9.98. The first-order valence-corrected chi connectivity index (χ1v) is 29.7. The summed E-state index contributed by atoms with van der Waals surface area (Å²) in [5.41, 5.74) is 16.7. The van der Waals surface area contributed by atoms with Gasteiger partial charge in [0.25, 0.3) is 0 Å². The Morgan fingerprint density at radius 3 is 0.682 bits per heavy atom. The maximum Gasteiger partial charge on any atom is 0.104 e. The van der Waals surface area contributed by atoms with Crippen molar-refractivity contribution in [2.75, 3.05) is 0 Å². The van der Waals surface area contributed by atoms with Gasteiger partial charge >= 0.3 is 0 Å². The zero-order chi connectivity index (χ0) is 57.9. The molecule has 0 saturated heterocycles. The van der Waals surface area contributed by atoms with Gasteiger partial charge in [-0.3, -0.25) is 0 Å². The lowest BCUT2D eigenvalue weighted by Gasteiger charge is -2.27. The second kappa shape index (κ2) is 18.1. The van der Waals surface area contributed by atoms with Crippen molar-refractivity contribution >= 4 is 131 Å². The molecule has 406 valence electrons. The summed E-state index contributed by atoms with van der Waals surface area (Å²) in [5, 5.41) is 38.7. The monoisotopic (exact) mass is 1120 g/mol. The molecule has 0 N–H and O–H groups in total. The maximum absolute atomic E-state index is 13.0. The van der Waals surface area contributed by atoms with Crippen LogP contribution in [0.15, 0.2) is 279 Å². The quantitative estimate of drug-likeness (QED) is 0.166. The Kier molecular flexibility index (Phi) is 9.87. The van der Waals surface area contributed by atoms with E-state index in [1.165, 1.54) is 0 Å². The Hall–Kier alpha value is -12.4. The van der Waals surface area contributed by atoms with Gasteiger partial charge in [-0.1, -0.05) is 182 Å². The summed E-state index contributed by atoms with van der Waals surface area (Å²) in [4.78, 5) is 0. The molecule has 19 rings (SSSR count). The third-order valence-electron chi connectivity index (χ3n) is 18.6. The standard InChI is InChI=1S/C80H46N8/c81-47-63-77(87-71-41-21-13-33-57(71)61-43-59-55-31-11-15-35-65(55)83(73(59)45-75(61)87)49-23-3-1-4-24-49)64(48-82)79(86-69-39-19-9-29-53(69)54-30-10-20-40-70(54)86)80(78(63)85-67-37-17-7-27-51(67)52-28-8-18-38-68(52)85)88-72-42-22-14-34-58(72)62-44-60-56-32-12-16-36-66(56)84(74(60)46-76(62)88)50-25-5-2-6-26-50/h1-46H. The molecule has 0 aliphatic carbocycles. The number of nitriles is 2. The summed E-state index contributed by atoms with van der Waals surface area (Å²) in [6.45, 7) is 0. The van der Waals surface area contributed by atoms with Crippen LogP contribution in [0.2, 0.25) is 0 Å². The number of benzene rings is 13. The van der Waals surface area contributed by atoms with Crippen molar-refractivity contribution in [3.05, 3.63) is 290 Å². The minimum absolute atomic E-state index is 0.347. The average Bonchev–Trinajstić information content (AvgIpc) is 1.47. The molecule has 0 bridgehead atoms. The molecule has 0 aliphatic rings. The van der Waals surface area contributed by atoms with E-state index in [4.69, 9.17) is 0 Å². The second-order valence-electron chi connectivity index (χ2n) is 23.0. The van der Waals surface area contributed by atoms with Gasteiger partial charge in [-0.05, 0) is 97.1 Å². The predicted molar refractivity (Wildman–Crippen MR) is 362 cm³/mol. The Labute approximate surface area is 502 Å². The van der Waals surface area contributed by atoms with Crippen molar-refractivity contribution in [1.82, 2.24) is 27.4 Å². The summed E-state index contributed by atoms with van der Waals surface area (Å²) in [6, 6.07) is 105. The molecule has 13 aromatic carbocycles. The fraction of sp³-hybridized carbons (Fsp3) is 0. The van der Waals surface area contributed by atoms with Gasteiger partial charge in [-0.15, -0.1) is 0 Å². The minimum Gasteiger partial charge on any atom is -0.309 e. The van der Waals surface area contributed by atoms with Crippen LogP contribution in [-0.2, 0) is 0 Å². The van der Waals surface area contributed by atoms with Crippen LogP contribution in [0.4, 0.5) is 0 Å². The predicted octanol–water partition coefficient (Wildman–Crippen LogP) is 20.0. The first-order chi connectivity index (χ1) is 43.7. The van der Waals surface area contributed by atoms with Crippen molar-refractivity contribution in [2.45, 2.75) is 0 Å². The van der Waals surface area contributed by atoms with E-state index in [0.717, 1.165) is 142 Å². The van der Waals surface area contributed by atoms with Crippen LogP contribution in [0.3, 0.4) is 0 Å². The molecular weight excluding hydrogens is 1070 g/mol. The van der Waals surface area contributed by atoms with E-state index in [0.29, 0.717) is 33.9 Å². The van der Waals surface area contributed by atoms with E-state index in [2.05, 4.69) is 319 Å². The molecule has 0 fully saturated rings. The fourth-order valence-electron chi connectivity index (χ4n) is 15.2. The number of hydrogen-bond acceptors (Lipinski definition) is 2. The first-order valence-electron chi connectivity index (χ1n) is 29.7. The summed E-state index contributed by atoms with van der Waals surface area (Å²) in [5.74, 6) is 0. The lowest BCUT2D eigenvalue weighted by molar-refractivity contribution is 1.02. The number of para-hydroxylation sites is 10. The third-order valence-corrected chi connectivity index (χ3v) is 18.6. The van der Waals surface area contributed by atoms with E-state index in [9.17, 15) is 10.5 Å². The van der Waals surface area contributed by atoms with Crippen LogP contribution in [0.1, 0.15) is 11.1 Å². The summed E-state index contributed by atoms with van der Waals surface area (Å²) in [7, 11) is 0. The van der Waals surface area contributed by atoms with Crippen LogP contribution in [0.25, 0.3) is 165 Å². The van der Waals surface area contributed by atoms with Crippen LogP contribution < -0.4 is 0 Å². The largest absolute Gasteiger partial charge is 0.309 e. The van der Waals surface area contributed by atoms with Gasteiger partial charge in [-0.2, -0.15) is 10.5 Å². The Bertz CT molecular complexity index is 6060. The highest BCUT2D eigenvalue weighted by Crippen LogP contribution is 2.50. The number of aromatic nitrogens is 6. The smallest absolute Gasteiger partial charge is 0.104 e. The van der Waals surface area contributed by atoms with Gasteiger partial charge in [0, 0.05) is 76.0 Å². The number of nitrogens with zero attached hydrogens (tertiary/aromatic N) is 8. The molecule has 19 aromatic rings. The molecule has 0 spiro atoms. The zero-order valence-corrected chi connectivity index (χ0v) is 47.1. The van der Waals surface area contributed by atoms with Crippen LogP contribution >= 0.6 is 0 Å². The molecule has 8 nitrogen and oxygen atoms in total. The number of hydrogen-bond donors (Lipinski definition) is 0. The SMILES string of the molecule is N#Cc1c(-n2c3ccccc3c3cc4c5ccccc5n(-c5ccccc5)c4cc32)c(C#N)c(-n2c3ccccc3c3ccccc32)c(-n2c3ccccc3c3cc4c5ccccc5n(-c5ccccc5)c4cc32)c1-n1c2ccccc2c2ccccc21. The molecule has 0 unspecified atom stereocenters. The highest BCUT2D eigenvalue weighted by Gasteiger charge is 2.35. The second-order valence-corrected chi connectivity index (χ2v) is 23.0. The first kappa shape index (κ1) is 48.1. The molecule has 0 amide bonds. The van der Waals surface area contributed by atoms with Gasteiger partial charge in [-0.25, -0.2) is 0 Å². The zero-order valence-electron chi connectivity index (χ0n) is 47.1. The van der Waals surface area contributed by atoms with E-state index in [-0.39, 0.29) is 0 Å². The molecule has 6 heterocycles. The van der Waals surface area contributed by atoms with Crippen LogP contribution in [0, 0.1) is 22.7 Å². The van der Waals surface area contributed by atoms with Gasteiger partial charge < -0.3 is 27.4 Å². The van der Waals surface area contributed by atoms with Gasteiger partial charge in [0.2, 0.25) is 0 Å². The van der Waals surface area contributed by atoms with Crippen LogP contribution in [-0.4, -0.2) is 27.4 Å². The molecule has 0 radical (unpaired) electrons. The van der Waals surface area contributed by atoms with E-state index in [1.807, 2.05) is 0 Å². The van der Waals surface area contributed by atoms with Crippen molar-refractivity contribution < 1.29 is 0 Å². The molecule has 0 atom stereocenters. The number of fused-ring (bicyclic) bond motifs is 18. The van der Waals surface area contributed by atoms with Crippen LogP contribution in [0.5, 0.6) is 0 Å². The lowest BCUT2D eigenvalue weighted by Crippen LogP contribution is -2.17. The van der Waals surface area contributed by atoms with Gasteiger partial charge in [0.1, 0.15) is 23.3 Å². The highest BCUT2D eigenvalue weighted by molar-refractivity contribution is 6.22. The minimum atomic E-state index is 0.347. The Morgan fingerprint density at radius 2 is 0.398 bits per heavy atom. The Balaban J connectivity index is 1.09. The Morgan fingerprint density at radius 1 is 0.182 bits per heavy atom. The molecule has 8 heteroatoms. The molecule has 0 aliphatic heterocycles.